The molecule has 4 aromatic rings. The number of rotatable bonds is 5. The molecule has 33 heavy (non-hydrogen) atoms. The first kappa shape index (κ1) is 22.6. The Balaban J connectivity index is 1.76. The molecule has 0 spiro atoms. The zero-order valence-corrected chi connectivity index (χ0v) is 19.0. The van der Waals surface area contributed by atoms with Gasteiger partial charge >= 0.3 is 0 Å². The Morgan fingerprint density at radius 1 is 1.06 bits per heavy atom. The van der Waals surface area contributed by atoms with E-state index in [0.717, 1.165) is 11.1 Å². The second-order valence-electron chi connectivity index (χ2n) is 7.81. The number of nitrogens with one attached hydrogen (secondary N) is 1. The summed E-state index contributed by atoms with van der Waals surface area (Å²) in [6.45, 7) is 5.29. The summed E-state index contributed by atoms with van der Waals surface area (Å²) in [4.78, 5) is 26.1. The van der Waals surface area contributed by atoms with E-state index in [0.29, 0.717) is 21.9 Å². The molecule has 1 atom stereocenters. The normalized spacial score (nSPS) is 11.9. The maximum Gasteiger partial charge on any atom is 0.265 e. The van der Waals surface area contributed by atoms with E-state index < -0.39 is 23.3 Å². The van der Waals surface area contributed by atoms with Crippen LogP contribution in [0.25, 0.3) is 22.3 Å². The highest BCUT2D eigenvalue weighted by Gasteiger charge is 2.23. The largest absolute Gasteiger partial charge is 0.473 e. The number of amides is 1. The van der Waals surface area contributed by atoms with Crippen LogP contribution in [0.15, 0.2) is 69.9 Å². The Labute approximate surface area is 194 Å². The Morgan fingerprint density at radius 2 is 1.73 bits per heavy atom. The predicted molar refractivity (Wildman–Crippen MR) is 128 cm³/mol. The lowest BCUT2D eigenvalue weighted by Gasteiger charge is -2.17. The van der Waals surface area contributed by atoms with Crippen LogP contribution >= 0.6 is 11.6 Å². The molecule has 7 heteroatoms. The fourth-order valence-corrected chi connectivity index (χ4v) is 3.47. The fraction of sp³-hybridized carbons (Fsp3) is 0.154. The van der Waals surface area contributed by atoms with Gasteiger partial charge in [-0.3, -0.25) is 9.59 Å². The third kappa shape index (κ3) is 4.76. The van der Waals surface area contributed by atoms with Crippen molar-refractivity contribution in [2.45, 2.75) is 26.9 Å². The lowest BCUT2D eigenvalue weighted by molar-refractivity contribution is -0.122. The molecular formula is C26H21ClFNO4. The molecular weight excluding hydrogens is 445 g/mol. The van der Waals surface area contributed by atoms with E-state index in [9.17, 15) is 14.0 Å². The molecule has 0 bridgehead atoms. The highest BCUT2D eigenvalue weighted by Crippen LogP contribution is 2.33. The van der Waals surface area contributed by atoms with Crippen molar-refractivity contribution in [3.05, 3.63) is 92.9 Å². The van der Waals surface area contributed by atoms with Crippen LogP contribution in [0.5, 0.6) is 5.75 Å². The molecule has 0 aliphatic rings. The minimum Gasteiger partial charge on any atom is -0.473 e. The van der Waals surface area contributed by atoms with Gasteiger partial charge in [0.25, 0.3) is 5.91 Å². The first-order chi connectivity index (χ1) is 15.7. The van der Waals surface area contributed by atoms with Gasteiger partial charge in [-0.25, -0.2) is 4.39 Å². The number of halogens is 2. The molecule has 0 aliphatic heterocycles. The van der Waals surface area contributed by atoms with Crippen LogP contribution < -0.4 is 15.5 Å². The fourth-order valence-electron chi connectivity index (χ4n) is 3.31. The number of carbonyl (C=O) groups is 1. The van der Waals surface area contributed by atoms with E-state index >= 15 is 0 Å². The number of aryl methyl sites for hydroxylation is 2. The van der Waals surface area contributed by atoms with Crippen molar-refractivity contribution in [3.8, 4) is 17.1 Å². The van der Waals surface area contributed by atoms with E-state index in [-0.39, 0.29) is 16.9 Å². The third-order valence-electron chi connectivity index (χ3n) is 5.22. The van der Waals surface area contributed by atoms with Crippen molar-refractivity contribution in [2.75, 3.05) is 5.32 Å². The number of anilines is 1. The molecule has 1 unspecified atom stereocenters. The first-order valence-corrected chi connectivity index (χ1v) is 10.7. The van der Waals surface area contributed by atoms with Gasteiger partial charge in [-0.2, -0.15) is 0 Å². The number of carbonyl (C=O) groups excluding carboxylic acids is 1. The number of hydrogen-bond acceptors (Lipinski definition) is 4. The maximum absolute atomic E-state index is 13.4. The minimum atomic E-state index is -1.04. The van der Waals surface area contributed by atoms with Crippen LogP contribution in [0, 0.1) is 19.7 Å². The maximum atomic E-state index is 13.4. The lowest BCUT2D eigenvalue weighted by Crippen LogP contribution is -2.31. The summed E-state index contributed by atoms with van der Waals surface area (Å²) >= 11 is 6.23. The summed E-state index contributed by atoms with van der Waals surface area (Å²) in [5, 5.41) is 3.32. The molecule has 5 nitrogen and oxygen atoms in total. The summed E-state index contributed by atoms with van der Waals surface area (Å²) in [6.07, 6.45) is -1.04. The number of fused-ring (bicyclic) bond motifs is 1. The van der Waals surface area contributed by atoms with E-state index in [1.165, 1.54) is 37.3 Å². The molecule has 0 saturated heterocycles. The summed E-state index contributed by atoms with van der Waals surface area (Å²) in [6, 6.07) is 16.0. The van der Waals surface area contributed by atoms with Gasteiger partial charge in [-0.1, -0.05) is 41.4 Å². The highest BCUT2D eigenvalue weighted by molar-refractivity contribution is 6.32. The summed E-state index contributed by atoms with van der Waals surface area (Å²) < 4.78 is 25.1. The predicted octanol–water partition coefficient (Wildman–Crippen LogP) is 6.28. The zero-order valence-electron chi connectivity index (χ0n) is 18.2. The molecule has 0 aliphatic carbocycles. The van der Waals surface area contributed by atoms with Gasteiger partial charge < -0.3 is 14.5 Å². The lowest BCUT2D eigenvalue weighted by atomic mass is 10.1. The van der Waals surface area contributed by atoms with Gasteiger partial charge in [-0.15, -0.1) is 0 Å². The van der Waals surface area contributed by atoms with Crippen LogP contribution in [0.3, 0.4) is 0 Å². The average Bonchev–Trinajstić information content (AvgIpc) is 2.79. The topological polar surface area (TPSA) is 68.5 Å². The number of ether oxygens (including phenoxy) is 1. The molecule has 0 radical (unpaired) electrons. The van der Waals surface area contributed by atoms with Gasteiger partial charge in [0.2, 0.25) is 11.2 Å². The van der Waals surface area contributed by atoms with Crippen LogP contribution in [0.1, 0.15) is 18.1 Å². The molecule has 1 N–H and O–H groups in total. The van der Waals surface area contributed by atoms with E-state index in [1.54, 1.807) is 6.07 Å². The summed E-state index contributed by atoms with van der Waals surface area (Å²) in [7, 11) is 0. The van der Waals surface area contributed by atoms with Crippen molar-refractivity contribution in [1.29, 1.82) is 0 Å². The SMILES string of the molecule is Cc1ccc(-c2oc3cc(C)c(Cl)cc3c(=O)c2OC(C)C(=O)Nc2ccc(F)cc2)cc1. The quantitative estimate of drug-likeness (QED) is 0.377. The summed E-state index contributed by atoms with van der Waals surface area (Å²) in [5.74, 6) is -0.788. The zero-order chi connectivity index (χ0) is 23.7. The molecule has 1 aromatic heterocycles. The smallest absolute Gasteiger partial charge is 0.265 e. The Hall–Kier alpha value is -3.64. The Bertz CT molecular complexity index is 1400. The van der Waals surface area contributed by atoms with Crippen molar-refractivity contribution < 1.29 is 18.3 Å². The van der Waals surface area contributed by atoms with Gasteiger partial charge in [-0.05, 0) is 62.7 Å². The molecule has 0 fully saturated rings. The molecule has 0 saturated carbocycles. The highest BCUT2D eigenvalue weighted by atomic mass is 35.5. The van der Waals surface area contributed by atoms with Crippen LogP contribution in [0.2, 0.25) is 5.02 Å². The Kier molecular flexibility index (Phi) is 6.20. The van der Waals surface area contributed by atoms with Crippen molar-refractivity contribution in [1.82, 2.24) is 0 Å². The van der Waals surface area contributed by atoms with Gasteiger partial charge in [0, 0.05) is 16.3 Å². The Morgan fingerprint density at radius 3 is 2.39 bits per heavy atom. The number of benzene rings is 3. The van der Waals surface area contributed by atoms with Gasteiger partial charge in [0.15, 0.2) is 11.9 Å². The second-order valence-corrected chi connectivity index (χ2v) is 8.22. The summed E-state index contributed by atoms with van der Waals surface area (Å²) in [5.41, 5.74) is 2.78. The van der Waals surface area contributed by atoms with E-state index in [1.807, 2.05) is 38.1 Å². The monoisotopic (exact) mass is 465 g/mol. The standard InChI is InChI=1S/C26H21ClFNO4/c1-14-4-6-17(7-5-14)24-25(23(30)20-13-21(27)15(2)12-22(20)33-24)32-16(3)26(31)29-19-10-8-18(28)9-11-19/h4-13,16H,1-3H3,(H,29,31). The second kappa shape index (κ2) is 9.08. The van der Waals surface area contributed by atoms with Gasteiger partial charge in [0.1, 0.15) is 11.4 Å². The molecule has 4 rings (SSSR count). The molecule has 1 heterocycles. The van der Waals surface area contributed by atoms with Crippen molar-refractivity contribution in [3.63, 3.8) is 0 Å². The van der Waals surface area contributed by atoms with Crippen LogP contribution in [-0.4, -0.2) is 12.0 Å². The third-order valence-corrected chi connectivity index (χ3v) is 5.63. The van der Waals surface area contributed by atoms with Crippen molar-refractivity contribution in [2.24, 2.45) is 0 Å². The molecule has 3 aromatic carbocycles. The molecule has 1 amide bonds. The van der Waals surface area contributed by atoms with Crippen molar-refractivity contribution >= 4 is 34.2 Å². The van der Waals surface area contributed by atoms with Crippen LogP contribution in [0.4, 0.5) is 10.1 Å². The molecule has 168 valence electrons. The van der Waals surface area contributed by atoms with E-state index in [4.69, 9.17) is 20.8 Å². The van der Waals surface area contributed by atoms with E-state index in [2.05, 4.69) is 5.32 Å². The first-order valence-electron chi connectivity index (χ1n) is 10.3. The minimum absolute atomic E-state index is 0.0898. The van der Waals surface area contributed by atoms with Gasteiger partial charge in [0.05, 0.1) is 5.39 Å². The van der Waals surface area contributed by atoms with Crippen LogP contribution in [-0.2, 0) is 4.79 Å². The number of hydrogen-bond donors (Lipinski definition) is 1. The average molecular weight is 466 g/mol.